The van der Waals surface area contributed by atoms with E-state index in [1.807, 2.05) is 31.2 Å². The second-order valence-corrected chi connectivity index (χ2v) is 6.47. The second-order valence-electron chi connectivity index (χ2n) is 6.47. The molecule has 29 heavy (non-hydrogen) atoms. The molecule has 3 rings (SSSR count). The van der Waals surface area contributed by atoms with E-state index in [0.29, 0.717) is 12.1 Å². The van der Waals surface area contributed by atoms with Crippen molar-refractivity contribution in [3.63, 3.8) is 0 Å². The number of nitrogens with zero attached hydrogens (tertiary/aromatic N) is 2. The standard InChI is InChI=1S/C22H19N3O4/c1-15-4-6-17(7-5-15)14-25-12-2-3-19(21(25)27)20(26)24-23-13-16-8-10-18(11-9-16)22(28)29/h2-13H,14H2,1H3,(H,24,26)(H,28,29)/b23-13-. The fourth-order valence-electron chi connectivity index (χ4n) is 2.66. The maximum absolute atomic E-state index is 12.6. The van der Waals surface area contributed by atoms with E-state index in [1.54, 1.807) is 24.4 Å². The van der Waals surface area contributed by atoms with Crippen LogP contribution in [0.3, 0.4) is 0 Å². The van der Waals surface area contributed by atoms with Crippen LogP contribution in [0.2, 0.25) is 0 Å². The Labute approximate surface area is 166 Å². The van der Waals surface area contributed by atoms with Gasteiger partial charge >= 0.3 is 5.97 Å². The van der Waals surface area contributed by atoms with Crippen molar-refractivity contribution < 1.29 is 14.7 Å². The topological polar surface area (TPSA) is 101 Å². The third-order valence-corrected chi connectivity index (χ3v) is 4.28. The Hall–Kier alpha value is -4.00. The third kappa shape index (κ3) is 5.04. The van der Waals surface area contributed by atoms with Gasteiger partial charge in [0.05, 0.1) is 18.3 Å². The van der Waals surface area contributed by atoms with Crippen LogP contribution in [-0.4, -0.2) is 27.8 Å². The molecule has 2 N–H and O–H groups in total. The number of aromatic nitrogens is 1. The lowest BCUT2D eigenvalue weighted by molar-refractivity contribution is 0.0696. The number of amides is 1. The fraction of sp³-hybridized carbons (Fsp3) is 0.0909. The molecular weight excluding hydrogens is 370 g/mol. The fourth-order valence-corrected chi connectivity index (χ4v) is 2.66. The number of pyridine rings is 1. The summed E-state index contributed by atoms with van der Waals surface area (Å²) < 4.78 is 1.47. The van der Waals surface area contributed by atoms with Gasteiger partial charge in [0, 0.05) is 6.20 Å². The number of hydrazone groups is 1. The van der Waals surface area contributed by atoms with Crippen LogP contribution in [0.5, 0.6) is 0 Å². The number of hydrogen-bond donors (Lipinski definition) is 2. The largest absolute Gasteiger partial charge is 0.478 e. The summed E-state index contributed by atoms with van der Waals surface area (Å²) in [7, 11) is 0. The van der Waals surface area contributed by atoms with Crippen LogP contribution in [0.25, 0.3) is 0 Å². The number of benzene rings is 2. The molecule has 2 aromatic carbocycles. The van der Waals surface area contributed by atoms with E-state index in [0.717, 1.165) is 11.1 Å². The zero-order chi connectivity index (χ0) is 20.8. The van der Waals surface area contributed by atoms with Crippen molar-refractivity contribution in [3.8, 4) is 0 Å². The molecule has 0 saturated carbocycles. The van der Waals surface area contributed by atoms with E-state index < -0.39 is 17.4 Å². The van der Waals surface area contributed by atoms with Crippen LogP contribution in [0.4, 0.5) is 0 Å². The van der Waals surface area contributed by atoms with Crippen LogP contribution in [0, 0.1) is 6.92 Å². The van der Waals surface area contributed by atoms with E-state index >= 15 is 0 Å². The van der Waals surface area contributed by atoms with Crippen molar-refractivity contribution in [2.24, 2.45) is 5.10 Å². The van der Waals surface area contributed by atoms with Crippen molar-refractivity contribution in [1.82, 2.24) is 9.99 Å². The predicted octanol–water partition coefficient (Wildman–Crippen LogP) is 2.67. The van der Waals surface area contributed by atoms with Gasteiger partial charge in [-0.2, -0.15) is 5.10 Å². The smallest absolute Gasteiger partial charge is 0.335 e. The molecule has 0 bridgehead atoms. The summed E-state index contributed by atoms with van der Waals surface area (Å²) in [6.45, 7) is 2.35. The van der Waals surface area contributed by atoms with E-state index in [9.17, 15) is 14.4 Å². The molecule has 0 atom stereocenters. The van der Waals surface area contributed by atoms with Gasteiger partial charge in [-0.25, -0.2) is 10.2 Å². The molecule has 0 aliphatic carbocycles. The van der Waals surface area contributed by atoms with E-state index in [-0.39, 0.29) is 11.1 Å². The molecule has 0 radical (unpaired) electrons. The molecule has 7 heteroatoms. The third-order valence-electron chi connectivity index (χ3n) is 4.28. The quantitative estimate of drug-likeness (QED) is 0.500. The van der Waals surface area contributed by atoms with E-state index in [1.165, 1.54) is 29.0 Å². The Morgan fingerprint density at radius 2 is 1.76 bits per heavy atom. The van der Waals surface area contributed by atoms with E-state index in [4.69, 9.17) is 5.11 Å². The van der Waals surface area contributed by atoms with Gasteiger partial charge in [-0.1, -0.05) is 42.0 Å². The van der Waals surface area contributed by atoms with Crippen molar-refractivity contribution in [2.45, 2.75) is 13.5 Å². The SMILES string of the molecule is Cc1ccc(Cn2cccc(C(=O)N/N=C\c3ccc(C(=O)O)cc3)c2=O)cc1. The summed E-state index contributed by atoms with van der Waals surface area (Å²) in [6.07, 6.45) is 3.00. The monoisotopic (exact) mass is 389 g/mol. The Bertz CT molecular complexity index is 1110. The summed E-state index contributed by atoms with van der Waals surface area (Å²) in [5.74, 6) is -1.64. The first kappa shape index (κ1) is 19.8. The summed E-state index contributed by atoms with van der Waals surface area (Å²) in [6, 6.07) is 16.9. The molecule has 0 aliphatic heterocycles. The maximum Gasteiger partial charge on any atom is 0.335 e. The van der Waals surface area contributed by atoms with Gasteiger partial charge in [0.2, 0.25) is 0 Å². The zero-order valence-corrected chi connectivity index (χ0v) is 15.7. The number of carbonyl (C=O) groups excluding carboxylic acids is 1. The van der Waals surface area contributed by atoms with E-state index in [2.05, 4.69) is 10.5 Å². The number of carbonyl (C=O) groups is 2. The number of nitrogens with one attached hydrogen (secondary N) is 1. The van der Waals surface area contributed by atoms with Crippen molar-refractivity contribution >= 4 is 18.1 Å². The van der Waals surface area contributed by atoms with Gasteiger partial charge in [-0.05, 0) is 42.3 Å². The first-order valence-electron chi connectivity index (χ1n) is 8.86. The average Bonchev–Trinajstić information content (AvgIpc) is 2.71. The number of aryl methyl sites for hydroxylation is 1. The Balaban J connectivity index is 1.69. The molecular formula is C22H19N3O4. The molecule has 0 unspecified atom stereocenters. The number of hydrogen-bond acceptors (Lipinski definition) is 4. The summed E-state index contributed by atoms with van der Waals surface area (Å²) in [5, 5.41) is 12.7. The van der Waals surface area contributed by atoms with Crippen LogP contribution >= 0.6 is 0 Å². The highest BCUT2D eigenvalue weighted by Gasteiger charge is 2.11. The lowest BCUT2D eigenvalue weighted by Gasteiger charge is -2.08. The van der Waals surface area contributed by atoms with Crippen molar-refractivity contribution in [3.05, 3.63) is 105 Å². The van der Waals surface area contributed by atoms with Gasteiger partial charge < -0.3 is 9.67 Å². The zero-order valence-electron chi connectivity index (χ0n) is 15.7. The summed E-state index contributed by atoms with van der Waals surface area (Å²) >= 11 is 0. The molecule has 146 valence electrons. The summed E-state index contributed by atoms with van der Waals surface area (Å²) in [4.78, 5) is 35.8. The van der Waals surface area contributed by atoms with Gasteiger partial charge in [-0.15, -0.1) is 0 Å². The molecule has 1 heterocycles. The highest BCUT2D eigenvalue weighted by atomic mass is 16.4. The molecule has 1 aromatic heterocycles. The first-order valence-corrected chi connectivity index (χ1v) is 8.86. The van der Waals surface area contributed by atoms with Gasteiger partial charge in [0.25, 0.3) is 11.5 Å². The lowest BCUT2D eigenvalue weighted by atomic mass is 10.1. The molecule has 0 aliphatic rings. The predicted molar refractivity (Wildman–Crippen MR) is 109 cm³/mol. The highest BCUT2D eigenvalue weighted by Crippen LogP contribution is 2.05. The molecule has 7 nitrogen and oxygen atoms in total. The minimum Gasteiger partial charge on any atom is -0.478 e. The van der Waals surface area contributed by atoms with Gasteiger partial charge in [-0.3, -0.25) is 9.59 Å². The molecule has 3 aromatic rings. The summed E-state index contributed by atoms with van der Waals surface area (Å²) in [5.41, 5.74) is 4.75. The molecule has 1 amide bonds. The van der Waals surface area contributed by atoms with Crippen molar-refractivity contribution in [2.75, 3.05) is 0 Å². The normalized spacial score (nSPS) is 10.8. The molecule has 0 spiro atoms. The van der Waals surface area contributed by atoms with Crippen LogP contribution in [0.15, 0.2) is 76.8 Å². The molecule has 0 saturated heterocycles. The number of aromatic carboxylic acids is 1. The Morgan fingerprint density at radius 1 is 1.07 bits per heavy atom. The number of rotatable bonds is 6. The lowest BCUT2D eigenvalue weighted by Crippen LogP contribution is -2.30. The van der Waals surface area contributed by atoms with Crippen LogP contribution in [0.1, 0.15) is 37.4 Å². The Kier molecular flexibility index (Phi) is 5.99. The van der Waals surface area contributed by atoms with Crippen LogP contribution in [-0.2, 0) is 6.54 Å². The van der Waals surface area contributed by atoms with Crippen molar-refractivity contribution in [1.29, 1.82) is 0 Å². The maximum atomic E-state index is 12.6. The van der Waals surface area contributed by atoms with Gasteiger partial charge in [0.1, 0.15) is 5.56 Å². The number of carboxylic acid groups (broad SMARTS) is 1. The first-order chi connectivity index (χ1) is 13.9. The average molecular weight is 389 g/mol. The second kappa shape index (κ2) is 8.79. The highest BCUT2D eigenvalue weighted by molar-refractivity contribution is 5.94. The minimum absolute atomic E-state index is 0.0158. The number of carboxylic acids is 1. The van der Waals surface area contributed by atoms with Gasteiger partial charge in [0.15, 0.2) is 0 Å². The minimum atomic E-state index is -1.02. The van der Waals surface area contributed by atoms with Crippen LogP contribution < -0.4 is 11.0 Å². The Morgan fingerprint density at radius 3 is 2.41 bits per heavy atom. The molecule has 0 fully saturated rings.